The normalized spacial score (nSPS) is 20.1. The highest BCUT2D eigenvalue weighted by Crippen LogP contribution is 2.39. The van der Waals surface area contributed by atoms with Crippen molar-refractivity contribution in [3.8, 4) is 0 Å². The van der Waals surface area contributed by atoms with Gasteiger partial charge in [0.1, 0.15) is 12.2 Å². The summed E-state index contributed by atoms with van der Waals surface area (Å²) < 4.78 is 18.5. The molecule has 2 atom stereocenters. The number of benzene rings is 2. The molecule has 7 nitrogen and oxygen atoms in total. The van der Waals surface area contributed by atoms with Crippen LogP contribution in [0.5, 0.6) is 0 Å². The van der Waals surface area contributed by atoms with Crippen LogP contribution < -0.4 is 15.9 Å². The molecule has 1 saturated heterocycles. The van der Waals surface area contributed by atoms with E-state index in [9.17, 15) is 4.57 Å². The van der Waals surface area contributed by atoms with Crippen molar-refractivity contribution >= 4 is 47.2 Å². The first-order chi connectivity index (χ1) is 18.2. The van der Waals surface area contributed by atoms with Gasteiger partial charge in [-0.3, -0.25) is 4.90 Å². The number of rotatable bonds is 7. The van der Waals surface area contributed by atoms with Gasteiger partial charge in [-0.25, -0.2) is 4.98 Å². The van der Waals surface area contributed by atoms with Crippen molar-refractivity contribution in [1.29, 1.82) is 0 Å². The third-order valence-electron chi connectivity index (χ3n) is 7.71. The van der Waals surface area contributed by atoms with Crippen LogP contribution in [0.3, 0.4) is 0 Å². The molecule has 1 fully saturated rings. The first kappa shape index (κ1) is 27.1. The van der Waals surface area contributed by atoms with Crippen LogP contribution in [-0.2, 0) is 22.1 Å². The fourth-order valence-electron chi connectivity index (χ4n) is 5.58. The van der Waals surface area contributed by atoms with E-state index in [4.69, 9.17) is 16.3 Å². The van der Waals surface area contributed by atoms with Gasteiger partial charge in [0.25, 0.3) is 0 Å². The summed E-state index contributed by atoms with van der Waals surface area (Å²) in [6.07, 6.45) is 7.60. The maximum atomic E-state index is 12.9. The average Bonchev–Trinajstić information content (AvgIpc) is 3.27. The number of hydrogen-bond donors (Lipinski definition) is 2. The van der Waals surface area contributed by atoms with Crippen LogP contribution in [0.15, 0.2) is 42.6 Å². The van der Waals surface area contributed by atoms with E-state index in [1.54, 1.807) is 19.5 Å². The minimum atomic E-state index is -2.51. The zero-order chi connectivity index (χ0) is 26.9. The van der Waals surface area contributed by atoms with Crippen LogP contribution in [0.4, 0.5) is 23.1 Å². The third kappa shape index (κ3) is 6.23. The number of nitrogens with zero attached hydrogens (tertiary/aromatic N) is 3. The van der Waals surface area contributed by atoms with E-state index >= 15 is 0 Å². The highest BCUT2D eigenvalue weighted by Gasteiger charge is 2.29. The van der Waals surface area contributed by atoms with Gasteiger partial charge in [-0.2, -0.15) is 4.98 Å². The third-order valence-corrected chi connectivity index (χ3v) is 9.52. The van der Waals surface area contributed by atoms with Crippen molar-refractivity contribution in [2.45, 2.75) is 51.2 Å². The van der Waals surface area contributed by atoms with E-state index in [0.29, 0.717) is 28.9 Å². The Labute approximate surface area is 230 Å². The molecule has 5 rings (SSSR count). The fraction of sp³-hybridized carbons (Fsp3) is 0.448. The number of aryl methyl sites for hydroxylation is 3. The van der Waals surface area contributed by atoms with Gasteiger partial charge in [-0.15, -0.1) is 0 Å². The molecule has 2 heterocycles. The summed E-state index contributed by atoms with van der Waals surface area (Å²) >= 11 is 6.45. The first-order valence-electron chi connectivity index (χ1n) is 13.3. The molecule has 0 bridgehead atoms. The molecule has 2 N–H and O–H groups in total. The second kappa shape index (κ2) is 11.4. The topological polar surface area (TPSA) is 79.4 Å². The smallest absolute Gasteiger partial charge is 0.229 e. The summed E-state index contributed by atoms with van der Waals surface area (Å²) in [6.45, 7) is 7.71. The molecule has 0 radical (unpaired) electrons. The van der Waals surface area contributed by atoms with Crippen molar-refractivity contribution in [2.24, 2.45) is 0 Å². The first-order valence-corrected chi connectivity index (χ1v) is 16.3. The van der Waals surface area contributed by atoms with Crippen LogP contribution in [0.2, 0.25) is 5.02 Å². The van der Waals surface area contributed by atoms with Gasteiger partial charge < -0.3 is 19.9 Å². The van der Waals surface area contributed by atoms with E-state index in [2.05, 4.69) is 43.7 Å². The van der Waals surface area contributed by atoms with Gasteiger partial charge in [-0.05, 0) is 87.7 Å². The maximum absolute atomic E-state index is 12.9. The van der Waals surface area contributed by atoms with Crippen LogP contribution in [0.1, 0.15) is 36.0 Å². The van der Waals surface area contributed by atoms with Crippen LogP contribution >= 0.6 is 18.7 Å². The number of anilines is 4. The Bertz CT molecular complexity index is 1360. The summed E-state index contributed by atoms with van der Waals surface area (Å²) in [7, 11) is -0.684. The standard InChI is InChI=1S/C29H37ClN5O2P/c1-19-5-12-26(27(15-19)38(3,4)36)33-28-25(30)17-31-29(34-28)32-22-9-6-20-7-10-23(11-8-21(20)16-22)35-14-13-24(18-35)37-2/h5-6,9,12,15-17,23-24H,7-8,10-11,13-14,18H2,1-4H3,(H2,31,32,33,34)/t23?,24-/m0/s1. The van der Waals surface area contributed by atoms with Gasteiger partial charge in [0.2, 0.25) is 5.95 Å². The molecule has 1 aliphatic carbocycles. The van der Waals surface area contributed by atoms with Crippen molar-refractivity contribution in [3.05, 3.63) is 64.3 Å². The Morgan fingerprint density at radius 2 is 1.84 bits per heavy atom. The van der Waals surface area contributed by atoms with Crippen molar-refractivity contribution in [1.82, 2.24) is 14.9 Å². The van der Waals surface area contributed by atoms with Crippen LogP contribution in [-0.4, -0.2) is 60.5 Å². The molecular weight excluding hydrogens is 517 g/mol. The summed E-state index contributed by atoms with van der Waals surface area (Å²) in [4.78, 5) is 11.7. The second-order valence-corrected chi connectivity index (χ2v) is 14.5. The minimum Gasteiger partial charge on any atom is -0.380 e. The number of likely N-dealkylation sites (tertiary alicyclic amines) is 1. The minimum absolute atomic E-state index is 0.376. The lowest BCUT2D eigenvalue weighted by molar-refractivity contribution is 0.0989. The van der Waals surface area contributed by atoms with Crippen LogP contribution in [0, 0.1) is 6.92 Å². The lowest BCUT2D eigenvalue weighted by atomic mass is 10.0. The Morgan fingerprint density at radius 3 is 2.58 bits per heavy atom. The number of fused-ring (bicyclic) bond motifs is 1. The molecule has 2 aliphatic rings. The molecule has 0 amide bonds. The number of aromatic nitrogens is 2. The Hall–Kier alpha value is -2.44. The number of methoxy groups -OCH3 is 1. The molecule has 1 aliphatic heterocycles. The lowest BCUT2D eigenvalue weighted by Crippen LogP contribution is -2.34. The number of halogens is 1. The number of hydrogen-bond acceptors (Lipinski definition) is 7. The maximum Gasteiger partial charge on any atom is 0.229 e. The molecule has 3 aromatic rings. The molecule has 38 heavy (non-hydrogen) atoms. The Kier molecular flexibility index (Phi) is 8.11. The van der Waals surface area contributed by atoms with E-state index in [0.717, 1.165) is 61.0 Å². The summed E-state index contributed by atoms with van der Waals surface area (Å²) in [5.41, 5.74) is 5.57. The molecule has 2 aromatic carbocycles. The molecule has 0 spiro atoms. The molecule has 1 unspecified atom stereocenters. The number of nitrogens with one attached hydrogen (secondary N) is 2. The highest BCUT2D eigenvalue weighted by molar-refractivity contribution is 7.70. The monoisotopic (exact) mass is 553 g/mol. The molecule has 9 heteroatoms. The SMILES string of the molecule is CO[C@H]1CCN(C2CCc3ccc(Nc4ncc(Cl)c(Nc5ccc(C)cc5P(C)(C)=O)n4)cc3CC2)C1. The van der Waals surface area contributed by atoms with Gasteiger partial charge in [0.15, 0.2) is 5.82 Å². The second-order valence-electron chi connectivity index (χ2n) is 10.9. The average molecular weight is 554 g/mol. The van der Waals surface area contributed by atoms with E-state index in [-0.39, 0.29) is 0 Å². The Morgan fingerprint density at radius 1 is 1.05 bits per heavy atom. The van der Waals surface area contributed by atoms with E-state index in [1.165, 1.54) is 17.5 Å². The Balaban J connectivity index is 1.30. The molecule has 1 aromatic heterocycles. The van der Waals surface area contributed by atoms with Gasteiger partial charge in [0, 0.05) is 37.2 Å². The lowest BCUT2D eigenvalue weighted by Gasteiger charge is -2.26. The molecular formula is C29H37ClN5O2P. The molecule has 0 saturated carbocycles. The summed E-state index contributed by atoms with van der Waals surface area (Å²) in [6, 6.07) is 13.0. The van der Waals surface area contributed by atoms with E-state index < -0.39 is 7.14 Å². The number of ether oxygens (including phenoxy) is 1. The van der Waals surface area contributed by atoms with Gasteiger partial charge >= 0.3 is 0 Å². The van der Waals surface area contributed by atoms with Crippen molar-refractivity contribution < 1.29 is 9.30 Å². The largest absolute Gasteiger partial charge is 0.380 e. The van der Waals surface area contributed by atoms with Crippen LogP contribution in [0.25, 0.3) is 0 Å². The zero-order valence-electron chi connectivity index (χ0n) is 22.6. The van der Waals surface area contributed by atoms with Gasteiger partial charge in [-0.1, -0.05) is 29.3 Å². The predicted octanol–water partition coefficient (Wildman–Crippen LogP) is 6.14. The van der Waals surface area contributed by atoms with Gasteiger partial charge in [0.05, 0.1) is 18.0 Å². The summed E-state index contributed by atoms with van der Waals surface area (Å²) in [5, 5.41) is 7.82. The predicted molar refractivity (Wildman–Crippen MR) is 158 cm³/mol. The highest BCUT2D eigenvalue weighted by atomic mass is 35.5. The van der Waals surface area contributed by atoms with Crippen molar-refractivity contribution in [3.63, 3.8) is 0 Å². The summed E-state index contributed by atoms with van der Waals surface area (Å²) in [5.74, 6) is 0.927. The van der Waals surface area contributed by atoms with E-state index in [1.807, 2.05) is 32.2 Å². The fourth-order valence-corrected chi connectivity index (χ4v) is 6.94. The quantitative estimate of drug-likeness (QED) is 0.269. The zero-order valence-corrected chi connectivity index (χ0v) is 24.3. The molecule has 202 valence electrons. The van der Waals surface area contributed by atoms with Crippen molar-refractivity contribution in [2.75, 3.05) is 44.2 Å².